The molecule has 1 aromatic carbocycles. The number of nitrogens with one attached hydrogen (secondary N) is 1. The van der Waals surface area contributed by atoms with Crippen LogP contribution in [0, 0.1) is 0 Å². The summed E-state index contributed by atoms with van der Waals surface area (Å²) in [5.74, 6) is -0.136. The molecule has 3 rings (SSSR count). The number of ether oxygens (including phenoxy) is 1. The van der Waals surface area contributed by atoms with Crippen LogP contribution in [0.25, 0.3) is 0 Å². The predicted octanol–water partition coefficient (Wildman–Crippen LogP) is 4.38. The maximum absolute atomic E-state index is 12.7. The van der Waals surface area contributed by atoms with Crippen LogP contribution in [0.15, 0.2) is 24.3 Å². The van der Waals surface area contributed by atoms with Crippen molar-refractivity contribution >= 4 is 25.7 Å². The SMILES string of the molecule is CC(C)(C)[Si](C)(C)OCCC[C@@H]1CC(=O)C[C@]2(O1)C(=O)Nc1ccccc12. The number of fused-ring (bicyclic) bond motifs is 2. The molecule has 27 heavy (non-hydrogen) atoms. The van der Waals surface area contributed by atoms with Crippen LogP contribution in [-0.2, 0) is 24.4 Å². The highest BCUT2D eigenvalue weighted by Gasteiger charge is 2.53. The van der Waals surface area contributed by atoms with Crippen molar-refractivity contribution in [2.75, 3.05) is 11.9 Å². The van der Waals surface area contributed by atoms with Crippen molar-refractivity contribution in [1.82, 2.24) is 0 Å². The molecule has 1 spiro atoms. The summed E-state index contributed by atoms with van der Waals surface area (Å²) in [6.45, 7) is 11.8. The van der Waals surface area contributed by atoms with Crippen LogP contribution in [-0.4, -0.2) is 32.7 Å². The molecular weight excluding hydrogens is 358 g/mol. The molecule has 2 aliphatic rings. The molecule has 6 heteroatoms. The summed E-state index contributed by atoms with van der Waals surface area (Å²) in [4.78, 5) is 25.1. The van der Waals surface area contributed by atoms with E-state index in [0.29, 0.717) is 13.0 Å². The molecule has 1 amide bonds. The molecule has 0 radical (unpaired) electrons. The van der Waals surface area contributed by atoms with Gasteiger partial charge in [0, 0.05) is 30.7 Å². The predicted molar refractivity (Wildman–Crippen MR) is 108 cm³/mol. The summed E-state index contributed by atoms with van der Waals surface area (Å²) in [7, 11) is -1.77. The Hall–Kier alpha value is -1.50. The first-order valence-electron chi connectivity index (χ1n) is 9.80. The molecular formula is C21H31NO4Si. The van der Waals surface area contributed by atoms with Crippen LogP contribution in [0.4, 0.5) is 5.69 Å². The molecule has 0 aromatic heterocycles. The lowest BCUT2D eigenvalue weighted by Gasteiger charge is -2.37. The fourth-order valence-corrected chi connectivity index (χ4v) is 4.66. The molecule has 0 saturated carbocycles. The van der Waals surface area contributed by atoms with Crippen LogP contribution >= 0.6 is 0 Å². The van der Waals surface area contributed by atoms with Gasteiger partial charge in [0.15, 0.2) is 13.9 Å². The van der Waals surface area contributed by atoms with Crippen molar-refractivity contribution < 1.29 is 18.8 Å². The topological polar surface area (TPSA) is 64.6 Å². The third-order valence-corrected chi connectivity index (χ3v) is 10.7. The zero-order valence-corrected chi connectivity index (χ0v) is 18.1. The Morgan fingerprint density at radius 1 is 1.26 bits per heavy atom. The quantitative estimate of drug-likeness (QED) is 0.599. The number of para-hydroxylation sites is 1. The summed E-state index contributed by atoms with van der Waals surface area (Å²) in [6, 6.07) is 7.49. The van der Waals surface area contributed by atoms with E-state index in [1.165, 1.54) is 0 Å². The molecule has 2 heterocycles. The molecule has 1 aromatic rings. The number of anilines is 1. The monoisotopic (exact) mass is 389 g/mol. The van der Waals surface area contributed by atoms with Gasteiger partial charge in [0.1, 0.15) is 5.78 Å². The maximum atomic E-state index is 12.7. The van der Waals surface area contributed by atoms with Crippen molar-refractivity contribution in [1.29, 1.82) is 0 Å². The Morgan fingerprint density at radius 2 is 1.96 bits per heavy atom. The Labute approximate surface area is 162 Å². The smallest absolute Gasteiger partial charge is 0.261 e. The van der Waals surface area contributed by atoms with Gasteiger partial charge < -0.3 is 14.5 Å². The van der Waals surface area contributed by atoms with Crippen LogP contribution < -0.4 is 5.32 Å². The van der Waals surface area contributed by atoms with E-state index in [1.54, 1.807) is 0 Å². The van der Waals surface area contributed by atoms with Gasteiger partial charge in [-0.3, -0.25) is 9.59 Å². The number of hydrogen-bond donors (Lipinski definition) is 1. The third kappa shape index (κ3) is 3.88. The standard InChI is InChI=1S/C21H31NO4Si/c1-20(2,3)27(4,5)25-12-8-9-16-13-15(23)14-21(26-16)17-10-6-7-11-18(17)22-19(21)24/h6-7,10-11,16H,8-9,12-14H2,1-5H3,(H,22,24)/t16-,21-/m1/s1. The minimum atomic E-state index is -1.77. The summed E-state index contributed by atoms with van der Waals surface area (Å²) in [5.41, 5.74) is 0.374. The molecule has 1 N–H and O–H groups in total. The number of carbonyl (C=O) groups excluding carboxylic acids is 2. The largest absolute Gasteiger partial charge is 0.417 e. The normalized spacial score (nSPS) is 25.6. The first-order valence-corrected chi connectivity index (χ1v) is 12.7. The number of ketones is 1. The van der Waals surface area contributed by atoms with Crippen molar-refractivity contribution in [2.45, 2.75) is 76.3 Å². The lowest BCUT2D eigenvalue weighted by molar-refractivity contribution is -0.170. The maximum Gasteiger partial charge on any atom is 0.261 e. The fourth-order valence-electron chi connectivity index (χ4n) is 3.57. The van der Waals surface area contributed by atoms with Gasteiger partial charge in [-0.1, -0.05) is 39.0 Å². The van der Waals surface area contributed by atoms with Gasteiger partial charge in [0.05, 0.1) is 6.10 Å². The Morgan fingerprint density at radius 3 is 2.67 bits per heavy atom. The first kappa shape index (κ1) is 20.2. The Balaban J connectivity index is 1.64. The average molecular weight is 390 g/mol. The summed E-state index contributed by atoms with van der Waals surface area (Å²) >= 11 is 0. The minimum absolute atomic E-state index is 0.0865. The zero-order chi connectivity index (χ0) is 19.9. The lowest BCUT2D eigenvalue weighted by Crippen LogP contribution is -2.47. The van der Waals surface area contributed by atoms with Crippen molar-refractivity contribution in [3.63, 3.8) is 0 Å². The van der Waals surface area contributed by atoms with Gasteiger partial charge in [-0.25, -0.2) is 0 Å². The number of carbonyl (C=O) groups is 2. The second-order valence-electron chi connectivity index (χ2n) is 9.24. The molecule has 0 bridgehead atoms. The van der Waals surface area contributed by atoms with Gasteiger partial charge in [0.2, 0.25) is 0 Å². The Bertz CT molecular complexity index is 740. The van der Waals surface area contributed by atoms with E-state index in [-0.39, 0.29) is 29.3 Å². The second-order valence-corrected chi connectivity index (χ2v) is 14.0. The Kier molecular flexibility index (Phi) is 5.36. The second kappa shape index (κ2) is 7.15. The van der Waals surface area contributed by atoms with Crippen LogP contribution in [0.1, 0.15) is 52.0 Å². The van der Waals surface area contributed by atoms with Crippen molar-refractivity contribution in [2.24, 2.45) is 0 Å². The highest BCUT2D eigenvalue weighted by atomic mass is 28.4. The van der Waals surface area contributed by atoms with Crippen molar-refractivity contribution in [3.05, 3.63) is 29.8 Å². The van der Waals surface area contributed by atoms with Gasteiger partial charge in [-0.05, 0) is 37.0 Å². The van der Waals surface area contributed by atoms with Crippen LogP contribution in [0.5, 0.6) is 0 Å². The molecule has 148 valence electrons. The minimum Gasteiger partial charge on any atom is -0.417 e. The van der Waals surface area contributed by atoms with Gasteiger partial charge in [0.25, 0.3) is 5.91 Å². The van der Waals surface area contributed by atoms with E-state index >= 15 is 0 Å². The average Bonchev–Trinajstić information content (AvgIpc) is 2.82. The molecule has 0 unspecified atom stereocenters. The highest BCUT2D eigenvalue weighted by molar-refractivity contribution is 6.74. The van der Waals surface area contributed by atoms with Gasteiger partial charge in [-0.2, -0.15) is 0 Å². The van der Waals surface area contributed by atoms with E-state index in [4.69, 9.17) is 9.16 Å². The zero-order valence-electron chi connectivity index (χ0n) is 17.1. The van der Waals surface area contributed by atoms with E-state index in [0.717, 1.165) is 24.1 Å². The molecule has 0 aliphatic carbocycles. The summed E-state index contributed by atoms with van der Waals surface area (Å²) in [5, 5.41) is 3.05. The first-order chi connectivity index (χ1) is 12.6. The highest BCUT2D eigenvalue weighted by Crippen LogP contribution is 2.45. The van der Waals surface area contributed by atoms with E-state index < -0.39 is 13.9 Å². The number of rotatable bonds is 5. The summed E-state index contributed by atoms with van der Waals surface area (Å²) < 4.78 is 12.5. The van der Waals surface area contributed by atoms with E-state index in [2.05, 4.69) is 39.2 Å². The lowest BCUT2D eigenvalue weighted by atomic mass is 9.84. The molecule has 1 saturated heterocycles. The van der Waals surface area contributed by atoms with E-state index in [9.17, 15) is 9.59 Å². The third-order valence-electron chi connectivity index (χ3n) is 6.19. The van der Waals surface area contributed by atoms with Crippen LogP contribution in [0.3, 0.4) is 0 Å². The fraction of sp³-hybridized carbons (Fsp3) is 0.619. The molecule has 1 fully saturated rings. The number of Topliss-reactive ketones (excluding diaryl/α,β-unsaturated/α-hetero) is 1. The van der Waals surface area contributed by atoms with Gasteiger partial charge in [-0.15, -0.1) is 0 Å². The molecule has 5 nitrogen and oxygen atoms in total. The molecule has 2 aliphatic heterocycles. The van der Waals surface area contributed by atoms with E-state index in [1.807, 2.05) is 24.3 Å². The number of hydrogen-bond acceptors (Lipinski definition) is 4. The van der Waals surface area contributed by atoms with Gasteiger partial charge >= 0.3 is 0 Å². The molecule has 2 atom stereocenters. The summed E-state index contributed by atoms with van der Waals surface area (Å²) in [6.07, 6.45) is 1.79. The number of benzene rings is 1. The van der Waals surface area contributed by atoms with Crippen LogP contribution in [0.2, 0.25) is 18.1 Å². The van der Waals surface area contributed by atoms with Crippen molar-refractivity contribution in [3.8, 4) is 0 Å². The number of amides is 1.